The summed E-state index contributed by atoms with van der Waals surface area (Å²) in [4.78, 5) is 12.1. The fourth-order valence-electron chi connectivity index (χ4n) is 2.65. The normalized spacial score (nSPS) is 11.0. The molecule has 3 aromatic rings. The Bertz CT molecular complexity index is 1100. The predicted molar refractivity (Wildman–Crippen MR) is 110 cm³/mol. The zero-order valence-corrected chi connectivity index (χ0v) is 16.7. The van der Waals surface area contributed by atoms with Crippen molar-refractivity contribution in [2.24, 2.45) is 0 Å². The van der Waals surface area contributed by atoms with Crippen molar-refractivity contribution in [1.82, 2.24) is 5.32 Å². The van der Waals surface area contributed by atoms with Crippen LogP contribution in [0.3, 0.4) is 0 Å². The summed E-state index contributed by atoms with van der Waals surface area (Å²) < 4.78 is 38.5. The number of anilines is 2. The van der Waals surface area contributed by atoms with Crippen LogP contribution in [0, 0.1) is 6.92 Å². The third-order valence-corrected chi connectivity index (χ3v) is 5.63. The third kappa shape index (κ3) is 5.08. The van der Waals surface area contributed by atoms with E-state index in [2.05, 4.69) is 15.4 Å². The van der Waals surface area contributed by atoms with Crippen molar-refractivity contribution in [2.75, 3.05) is 17.1 Å². The van der Waals surface area contributed by atoms with Crippen molar-refractivity contribution >= 4 is 27.4 Å². The highest BCUT2D eigenvalue weighted by Crippen LogP contribution is 2.28. The van der Waals surface area contributed by atoms with E-state index in [1.54, 1.807) is 49.4 Å². The zero-order valence-electron chi connectivity index (χ0n) is 15.9. The maximum Gasteiger partial charge on any atom is 0.319 e. The highest BCUT2D eigenvalue weighted by atomic mass is 32.2. The molecule has 3 rings (SSSR count). The van der Waals surface area contributed by atoms with E-state index in [-0.39, 0.29) is 11.4 Å². The number of carbonyl (C=O) groups excluding carboxylic acids is 1. The molecule has 0 aliphatic heterocycles. The summed E-state index contributed by atoms with van der Waals surface area (Å²) in [6.07, 6.45) is 3.04. The number of hydrogen-bond donors (Lipinski definition) is 3. The molecule has 0 aliphatic rings. The number of urea groups is 1. The topological polar surface area (TPSA) is 110 Å². The van der Waals surface area contributed by atoms with Gasteiger partial charge in [-0.25, -0.2) is 13.2 Å². The Hall–Kier alpha value is -3.46. The van der Waals surface area contributed by atoms with E-state index in [9.17, 15) is 13.2 Å². The largest absolute Gasteiger partial charge is 0.495 e. The van der Waals surface area contributed by atoms with Crippen molar-refractivity contribution in [3.8, 4) is 5.75 Å². The second-order valence-corrected chi connectivity index (χ2v) is 7.88. The summed E-state index contributed by atoms with van der Waals surface area (Å²) in [5.74, 6) is 0.404. The minimum Gasteiger partial charge on any atom is -0.495 e. The molecule has 1 aromatic heterocycles. The predicted octanol–water partition coefficient (Wildman–Crippen LogP) is 3.72. The highest BCUT2D eigenvalue weighted by Gasteiger charge is 2.19. The van der Waals surface area contributed by atoms with Gasteiger partial charge in [0, 0.05) is 17.8 Å². The van der Waals surface area contributed by atoms with Gasteiger partial charge in [0.2, 0.25) is 0 Å². The third-order valence-electron chi connectivity index (χ3n) is 4.12. The maximum atomic E-state index is 12.9. The lowest BCUT2D eigenvalue weighted by molar-refractivity contribution is 0.251. The van der Waals surface area contributed by atoms with Crippen LogP contribution in [0.25, 0.3) is 0 Å². The second kappa shape index (κ2) is 8.70. The molecule has 2 aromatic carbocycles. The van der Waals surface area contributed by atoms with Gasteiger partial charge in [0.1, 0.15) is 5.75 Å². The lowest BCUT2D eigenvalue weighted by atomic mass is 10.2. The van der Waals surface area contributed by atoms with Crippen molar-refractivity contribution < 1.29 is 22.4 Å². The standard InChI is InChI=1S/C20H21N3O5S/c1-14-7-8-16(22-20(24)21-12-15-9-10-28-13-15)11-19(14)29(25,26)23-17-5-3-4-6-18(17)27-2/h3-11,13,23H,12H2,1-2H3,(H2,21,22,24). The maximum absolute atomic E-state index is 12.9. The van der Waals surface area contributed by atoms with E-state index < -0.39 is 16.1 Å². The molecule has 0 fully saturated rings. The first kappa shape index (κ1) is 20.3. The number of carbonyl (C=O) groups is 1. The molecule has 0 atom stereocenters. The van der Waals surface area contributed by atoms with Crippen LogP contribution in [0.4, 0.5) is 16.2 Å². The van der Waals surface area contributed by atoms with Crippen molar-refractivity contribution in [3.05, 3.63) is 72.2 Å². The van der Waals surface area contributed by atoms with Crippen LogP contribution in [0.5, 0.6) is 5.75 Å². The number of methoxy groups -OCH3 is 1. The average molecular weight is 415 g/mol. The molecular formula is C20H21N3O5S. The van der Waals surface area contributed by atoms with Crippen molar-refractivity contribution in [3.63, 3.8) is 0 Å². The van der Waals surface area contributed by atoms with Gasteiger partial charge in [-0.3, -0.25) is 4.72 Å². The minimum atomic E-state index is -3.90. The number of amides is 2. The number of benzene rings is 2. The molecule has 0 spiro atoms. The molecule has 1 heterocycles. The number of hydrogen-bond acceptors (Lipinski definition) is 5. The van der Waals surface area contributed by atoms with Gasteiger partial charge in [-0.2, -0.15) is 0 Å². The lowest BCUT2D eigenvalue weighted by Gasteiger charge is -2.14. The molecule has 0 bridgehead atoms. The van der Waals surface area contributed by atoms with Gasteiger partial charge in [-0.15, -0.1) is 0 Å². The Morgan fingerprint density at radius 2 is 1.93 bits per heavy atom. The van der Waals surface area contributed by atoms with Gasteiger partial charge in [0.25, 0.3) is 10.0 Å². The zero-order chi connectivity index (χ0) is 20.9. The molecular weight excluding hydrogens is 394 g/mol. The lowest BCUT2D eigenvalue weighted by Crippen LogP contribution is -2.28. The molecule has 0 saturated heterocycles. The van der Waals surface area contributed by atoms with E-state index in [0.717, 1.165) is 5.56 Å². The SMILES string of the molecule is COc1ccccc1NS(=O)(=O)c1cc(NC(=O)NCc2ccoc2)ccc1C. The summed E-state index contributed by atoms with van der Waals surface area (Å²) in [7, 11) is -2.43. The average Bonchev–Trinajstić information content (AvgIpc) is 3.21. The monoisotopic (exact) mass is 415 g/mol. The van der Waals surface area contributed by atoms with Gasteiger partial charge in [-0.05, 0) is 42.8 Å². The van der Waals surface area contributed by atoms with Crippen LogP contribution >= 0.6 is 0 Å². The van der Waals surface area contributed by atoms with Gasteiger partial charge in [-0.1, -0.05) is 18.2 Å². The van der Waals surface area contributed by atoms with Crippen LogP contribution in [-0.2, 0) is 16.6 Å². The molecule has 29 heavy (non-hydrogen) atoms. The van der Waals surface area contributed by atoms with Gasteiger partial charge < -0.3 is 19.8 Å². The number of para-hydroxylation sites is 2. The van der Waals surface area contributed by atoms with Gasteiger partial charge in [0.05, 0.1) is 30.2 Å². The smallest absolute Gasteiger partial charge is 0.319 e. The Balaban J connectivity index is 1.76. The summed E-state index contributed by atoms with van der Waals surface area (Å²) in [6, 6.07) is 12.7. The van der Waals surface area contributed by atoms with Gasteiger partial charge in [0.15, 0.2) is 0 Å². The number of furan rings is 1. The summed E-state index contributed by atoms with van der Waals surface area (Å²) >= 11 is 0. The first-order valence-electron chi connectivity index (χ1n) is 8.71. The first-order valence-corrected chi connectivity index (χ1v) is 10.2. The van der Waals surface area contributed by atoms with E-state index >= 15 is 0 Å². The van der Waals surface area contributed by atoms with Gasteiger partial charge >= 0.3 is 6.03 Å². The fraction of sp³-hybridized carbons (Fsp3) is 0.150. The highest BCUT2D eigenvalue weighted by molar-refractivity contribution is 7.92. The molecule has 0 unspecified atom stereocenters. The number of nitrogens with one attached hydrogen (secondary N) is 3. The van der Waals surface area contributed by atoms with Crippen molar-refractivity contribution in [1.29, 1.82) is 0 Å². The number of ether oxygens (including phenoxy) is 1. The van der Waals surface area contributed by atoms with Crippen LogP contribution < -0.4 is 20.1 Å². The molecule has 0 aliphatic carbocycles. The molecule has 3 N–H and O–H groups in total. The quantitative estimate of drug-likeness (QED) is 0.545. The van der Waals surface area contributed by atoms with Crippen LogP contribution in [0.1, 0.15) is 11.1 Å². The molecule has 9 heteroatoms. The fourth-order valence-corrected chi connectivity index (χ4v) is 3.99. The summed E-state index contributed by atoms with van der Waals surface area (Å²) in [5, 5.41) is 5.30. The van der Waals surface area contributed by atoms with Crippen molar-refractivity contribution in [2.45, 2.75) is 18.4 Å². The van der Waals surface area contributed by atoms with E-state index in [4.69, 9.17) is 9.15 Å². The van der Waals surface area contributed by atoms with Crippen LogP contribution in [-0.4, -0.2) is 21.6 Å². The Labute approximate surface area is 168 Å². The van der Waals surface area contributed by atoms with Crippen LogP contribution in [0.2, 0.25) is 0 Å². The number of rotatable bonds is 7. The Morgan fingerprint density at radius 3 is 2.66 bits per heavy atom. The number of sulfonamides is 1. The molecule has 152 valence electrons. The van der Waals surface area contributed by atoms with E-state index in [0.29, 0.717) is 22.7 Å². The number of aryl methyl sites for hydroxylation is 1. The summed E-state index contributed by atoms with van der Waals surface area (Å²) in [6.45, 7) is 1.97. The van der Waals surface area contributed by atoms with Crippen LogP contribution in [0.15, 0.2) is 70.4 Å². The first-order chi connectivity index (χ1) is 13.9. The molecule has 0 radical (unpaired) electrons. The Morgan fingerprint density at radius 1 is 1.14 bits per heavy atom. The molecule has 0 saturated carbocycles. The molecule has 8 nitrogen and oxygen atoms in total. The minimum absolute atomic E-state index is 0.0519. The van der Waals surface area contributed by atoms with E-state index in [1.165, 1.54) is 25.7 Å². The van der Waals surface area contributed by atoms with E-state index in [1.807, 2.05) is 0 Å². The molecule has 2 amide bonds. The summed E-state index contributed by atoms with van der Waals surface area (Å²) in [5.41, 5.74) is 2.02. The second-order valence-electron chi connectivity index (χ2n) is 6.23. The Kier molecular flexibility index (Phi) is 6.08.